The highest BCUT2D eigenvalue weighted by molar-refractivity contribution is 6.24. The largest absolute Gasteiger partial charge is 0.491 e. The Morgan fingerprint density at radius 3 is 2.46 bits per heavy atom. The number of aromatic nitrogens is 1. The summed E-state index contributed by atoms with van der Waals surface area (Å²) in [6.45, 7) is 8.72. The third-order valence-corrected chi connectivity index (χ3v) is 6.32. The summed E-state index contributed by atoms with van der Waals surface area (Å²) in [7, 11) is 0. The minimum atomic E-state index is -1.62. The number of esters is 1. The van der Waals surface area contributed by atoms with Crippen LogP contribution in [-0.4, -0.2) is 64.7 Å². The van der Waals surface area contributed by atoms with Crippen molar-refractivity contribution in [2.45, 2.75) is 52.2 Å². The molecule has 10 heteroatoms. The quantitative estimate of drug-likeness (QED) is 0.238. The number of hydrogen-bond acceptors (Lipinski definition) is 7. The highest BCUT2D eigenvalue weighted by Crippen LogP contribution is 2.38. The fourth-order valence-corrected chi connectivity index (χ4v) is 4.63. The molecule has 10 nitrogen and oxygen atoms in total. The molecule has 0 spiro atoms. The maximum absolute atomic E-state index is 13.8. The Labute approximate surface area is 226 Å². The highest BCUT2D eigenvalue weighted by atomic mass is 16.6. The smallest absolute Gasteiger partial charge is 0.407 e. The zero-order valence-corrected chi connectivity index (χ0v) is 22.8. The Bertz CT molecular complexity index is 1420. The Balaban J connectivity index is 1.59. The number of H-pyrrole nitrogens is 1. The van der Waals surface area contributed by atoms with Gasteiger partial charge in [0.2, 0.25) is 0 Å². The zero-order chi connectivity index (χ0) is 28.4. The molecule has 3 aromatic rings. The van der Waals surface area contributed by atoms with Gasteiger partial charge < -0.3 is 24.5 Å². The first-order chi connectivity index (χ1) is 18.5. The van der Waals surface area contributed by atoms with Crippen LogP contribution < -0.4 is 10.1 Å². The zero-order valence-electron chi connectivity index (χ0n) is 22.8. The molecule has 206 valence electrons. The lowest BCUT2D eigenvalue weighted by atomic mass is 9.90. The average molecular weight is 536 g/mol. The first-order valence-corrected chi connectivity index (χ1v) is 12.8. The summed E-state index contributed by atoms with van der Waals surface area (Å²) in [6.07, 6.45) is 1.23. The van der Waals surface area contributed by atoms with E-state index in [0.29, 0.717) is 0 Å². The number of nitrogens with one attached hydrogen (secondary N) is 2. The molecule has 4 rings (SSSR count). The fourth-order valence-electron chi connectivity index (χ4n) is 4.63. The van der Waals surface area contributed by atoms with Crippen molar-refractivity contribution >= 4 is 34.8 Å². The number of para-hydroxylation sites is 1. The van der Waals surface area contributed by atoms with Gasteiger partial charge in [-0.2, -0.15) is 0 Å². The van der Waals surface area contributed by atoms with Crippen LogP contribution in [-0.2, 0) is 20.7 Å². The highest BCUT2D eigenvalue weighted by Gasteiger charge is 2.53. The summed E-state index contributed by atoms with van der Waals surface area (Å²) in [5.41, 5.74) is -0.427. The van der Waals surface area contributed by atoms with Gasteiger partial charge in [-0.3, -0.25) is 14.5 Å². The van der Waals surface area contributed by atoms with Crippen molar-refractivity contribution in [3.8, 4) is 5.75 Å². The molecule has 0 bridgehead atoms. The van der Waals surface area contributed by atoms with Crippen molar-refractivity contribution in [1.29, 1.82) is 0 Å². The van der Waals surface area contributed by atoms with Gasteiger partial charge in [0.15, 0.2) is 0 Å². The molecular weight excluding hydrogens is 502 g/mol. The van der Waals surface area contributed by atoms with Crippen molar-refractivity contribution in [3.05, 3.63) is 65.4 Å². The summed E-state index contributed by atoms with van der Waals surface area (Å²) in [5.74, 6) is -1.77. The van der Waals surface area contributed by atoms with Gasteiger partial charge >= 0.3 is 12.1 Å². The maximum Gasteiger partial charge on any atom is 0.407 e. The Morgan fingerprint density at radius 2 is 1.74 bits per heavy atom. The number of fused-ring (bicyclic) bond motifs is 2. The van der Waals surface area contributed by atoms with E-state index >= 15 is 0 Å². The number of carbonyl (C=O) groups excluding carboxylic acids is 4. The summed E-state index contributed by atoms with van der Waals surface area (Å²) in [4.78, 5) is 56.8. The molecule has 1 aliphatic heterocycles. The lowest BCUT2D eigenvalue weighted by molar-refractivity contribution is -0.153. The molecule has 3 amide bonds. The topological polar surface area (TPSA) is 127 Å². The van der Waals surface area contributed by atoms with Crippen molar-refractivity contribution in [3.63, 3.8) is 0 Å². The molecule has 0 aliphatic carbocycles. The summed E-state index contributed by atoms with van der Waals surface area (Å²) in [5, 5.41) is 3.47. The Hall–Kier alpha value is -4.34. The lowest BCUT2D eigenvalue weighted by Crippen LogP contribution is -2.57. The fraction of sp³-hybridized carbons (Fsp3) is 0.379. The second kappa shape index (κ2) is 10.8. The van der Waals surface area contributed by atoms with Crippen LogP contribution in [0.25, 0.3) is 10.9 Å². The SMILES string of the molecule is CCOC(=O)C(C)(Cc1c[nH]c2ccccc12)N1C(=O)c2cccc(OCCNC(=O)OC(C)(C)C)c2C1=O. The molecule has 2 aromatic carbocycles. The predicted molar refractivity (Wildman–Crippen MR) is 144 cm³/mol. The maximum atomic E-state index is 13.8. The van der Waals surface area contributed by atoms with Gasteiger partial charge in [-0.05, 0) is 58.4 Å². The molecule has 1 unspecified atom stereocenters. The molecule has 0 saturated carbocycles. The van der Waals surface area contributed by atoms with E-state index in [1.54, 1.807) is 52.9 Å². The minimum absolute atomic E-state index is 0.0294. The van der Waals surface area contributed by atoms with Crippen LogP contribution in [0.15, 0.2) is 48.7 Å². The van der Waals surface area contributed by atoms with E-state index < -0.39 is 35.0 Å². The monoisotopic (exact) mass is 535 g/mol. The summed E-state index contributed by atoms with van der Waals surface area (Å²) < 4.78 is 16.4. The van der Waals surface area contributed by atoms with Gasteiger partial charge in [-0.25, -0.2) is 9.59 Å². The van der Waals surface area contributed by atoms with Crippen molar-refractivity contribution < 1.29 is 33.4 Å². The van der Waals surface area contributed by atoms with Crippen LogP contribution in [0.1, 0.15) is 60.9 Å². The molecule has 1 aromatic heterocycles. The first kappa shape index (κ1) is 27.7. The Morgan fingerprint density at radius 1 is 1.00 bits per heavy atom. The van der Waals surface area contributed by atoms with E-state index in [9.17, 15) is 19.2 Å². The van der Waals surface area contributed by atoms with Gasteiger partial charge in [0.05, 0.1) is 24.3 Å². The molecule has 0 saturated heterocycles. The van der Waals surface area contributed by atoms with E-state index in [0.717, 1.165) is 21.4 Å². The van der Waals surface area contributed by atoms with Gasteiger partial charge in [-0.1, -0.05) is 24.3 Å². The minimum Gasteiger partial charge on any atom is -0.491 e. The van der Waals surface area contributed by atoms with E-state index in [1.165, 1.54) is 6.07 Å². The summed E-state index contributed by atoms with van der Waals surface area (Å²) >= 11 is 0. The third-order valence-electron chi connectivity index (χ3n) is 6.32. The Kier molecular flexibility index (Phi) is 7.67. The third kappa shape index (κ3) is 5.59. The number of alkyl carbamates (subject to hydrolysis) is 1. The molecular formula is C29H33N3O7. The number of carbonyl (C=O) groups is 4. The molecule has 0 radical (unpaired) electrons. The molecule has 2 N–H and O–H groups in total. The molecule has 1 atom stereocenters. The van der Waals surface area contributed by atoms with Crippen molar-refractivity contribution in [2.24, 2.45) is 0 Å². The standard InChI is InChI=1S/C29H33N3O7/c1-6-37-26(35)29(5,16-18-17-31-21-12-8-7-10-19(18)21)32-24(33)20-11-9-13-22(23(20)25(32)34)38-15-14-30-27(36)39-28(2,3)4/h7-13,17,31H,6,14-16H2,1-5H3,(H,30,36). The molecule has 39 heavy (non-hydrogen) atoms. The second-order valence-corrected chi connectivity index (χ2v) is 10.4. The van der Waals surface area contributed by atoms with E-state index in [2.05, 4.69) is 10.3 Å². The van der Waals surface area contributed by atoms with Gasteiger partial charge in [0.1, 0.15) is 23.5 Å². The number of amides is 3. The lowest BCUT2D eigenvalue weighted by Gasteiger charge is -2.35. The van der Waals surface area contributed by atoms with Gasteiger partial charge in [-0.15, -0.1) is 0 Å². The molecule has 1 aliphatic rings. The second-order valence-electron chi connectivity index (χ2n) is 10.4. The van der Waals surface area contributed by atoms with E-state index in [-0.39, 0.29) is 43.1 Å². The van der Waals surface area contributed by atoms with Crippen LogP contribution in [0.5, 0.6) is 5.75 Å². The molecule has 2 heterocycles. The number of aromatic amines is 1. The van der Waals surface area contributed by atoms with E-state index in [1.807, 2.05) is 24.3 Å². The normalized spacial score (nSPS) is 14.6. The number of benzene rings is 2. The van der Waals surface area contributed by atoms with Crippen molar-refractivity contribution in [2.75, 3.05) is 19.8 Å². The number of nitrogens with zero attached hydrogens (tertiary/aromatic N) is 1. The summed E-state index contributed by atoms with van der Waals surface area (Å²) in [6, 6.07) is 12.3. The van der Waals surface area contributed by atoms with Gasteiger partial charge in [0, 0.05) is 23.5 Å². The van der Waals surface area contributed by atoms with Crippen LogP contribution in [0.2, 0.25) is 0 Å². The average Bonchev–Trinajstić information content (AvgIpc) is 3.39. The number of rotatable bonds is 9. The number of hydrogen-bond donors (Lipinski definition) is 2. The van der Waals surface area contributed by atoms with Crippen LogP contribution in [0.3, 0.4) is 0 Å². The van der Waals surface area contributed by atoms with Crippen molar-refractivity contribution in [1.82, 2.24) is 15.2 Å². The first-order valence-electron chi connectivity index (χ1n) is 12.8. The van der Waals surface area contributed by atoms with Crippen LogP contribution in [0.4, 0.5) is 4.79 Å². The predicted octanol–water partition coefficient (Wildman–Crippen LogP) is 4.23. The van der Waals surface area contributed by atoms with Gasteiger partial charge in [0.25, 0.3) is 11.8 Å². The van der Waals surface area contributed by atoms with Crippen LogP contribution >= 0.6 is 0 Å². The number of ether oxygens (including phenoxy) is 3. The number of imide groups is 1. The van der Waals surface area contributed by atoms with Crippen LogP contribution in [0, 0.1) is 0 Å². The van der Waals surface area contributed by atoms with E-state index in [4.69, 9.17) is 14.2 Å². The molecule has 0 fully saturated rings.